The van der Waals surface area contributed by atoms with Crippen molar-refractivity contribution in [1.82, 2.24) is 0 Å². The van der Waals surface area contributed by atoms with Gasteiger partial charge in [0.05, 0.1) is 12.0 Å². The quantitative estimate of drug-likeness (QED) is 0.510. The fraction of sp³-hybridized carbons (Fsp3) is 0.300. The molecule has 0 aliphatic rings. The van der Waals surface area contributed by atoms with E-state index in [9.17, 15) is 14.9 Å². The van der Waals surface area contributed by atoms with E-state index in [1.54, 1.807) is 0 Å². The molecule has 17 heavy (non-hydrogen) atoms. The molecule has 1 atom stereocenters. The van der Waals surface area contributed by atoms with Crippen molar-refractivity contribution < 1.29 is 19.6 Å². The van der Waals surface area contributed by atoms with Gasteiger partial charge in [0.25, 0.3) is 5.69 Å². The number of carbonyl (C=O) groups is 1. The van der Waals surface area contributed by atoms with Crippen LogP contribution < -0.4 is 4.74 Å². The Bertz CT molecular complexity index is 448. The van der Waals surface area contributed by atoms with Crippen molar-refractivity contribution in [3.8, 4) is 5.75 Å². The Labute approximate surface area is 105 Å². The maximum absolute atomic E-state index is 10.7. The molecule has 0 saturated carbocycles. The van der Waals surface area contributed by atoms with Gasteiger partial charge in [-0.1, -0.05) is 15.9 Å². The average Bonchev–Trinajstić information content (AvgIpc) is 2.28. The normalized spacial score (nSPS) is 11.9. The van der Waals surface area contributed by atoms with Crippen LogP contribution in [0.25, 0.3) is 0 Å². The highest BCUT2D eigenvalue weighted by Gasteiger charge is 2.18. The van der Waals surface area contributed by atoms with E-state index in [0.29, 0.717) is 11.3 Å². The van der Waals surface area contributed by atoms with Crippen LogP contribution in [0.15, 0.2) is 18.2 Å². The van der Waals surface area contributed by atoms with Gasteiger partial charge in [0, 0.05) is 17.7 Å². The van der Waals surface area contributed by atoms with Gasteiger partial charge in [-0.15, -0.1) is 0 Å². The number of methoxy groups -OCH3 is 1. The summed E-state index contributed by atoms with van der Waals surface area (Å²) < 4.78 is 5.02. The minimum Gasteiger partial charge on any atom is -0.496 e. The lowest BCUT2D eigenvalue weighted by molar-refractivity contribution is -0.384. The molecule has 0 heterocycles. The third-order valence-electron chi connectivity index (χ3n) is 2.14. The summed E-state index contributed by atoms with van der Waals surface area (Å²) in [6, 6.07) is 4.08. The molecule has 1 unspecified atom stereocenters. The second kappa shape index (κ2) is 5.62. The number of aliphatic carboxylic acids is 1. The molecule has 1 aromatic rings. The molecule has 6 nitrogen and oxygen atoms in total. The molecular formula is C10H10BrNO5. The summed E-state index contributed by atoms with van der Waals surface area (Å²) in [5.41, 5.74) is 0.386. The Morgan fingerprint density at radius 2 is 2.29 bits per heavy atom. The number of benzene rings is 1. The van der Waals surface area contributed by atoms with Crippen molar-refractivity contribution in [3.63, 3.8) is 0 Å². The number of hydrogen-bond acceptors (Lipinski definition) is 4. The molecule has 0 aliphatic heterocycles. The summed E-state index contributed by atoms with van der Waals surface area (Å²) in [4.78, 5) is 20.0. The van der Waals surface area contributed by atoms with Crippen LogP contribution in [0.5, 0.6) is 5.75 Å². The van der Waals surface area contributed by atoms with Gasteiger partial charge >= 0.3 is 5.97 Å². The fourth-order valence-electron chi connectivity index (χ4n) is 1.32. The second-order valence-corrected chi connectivity index (χ2v) is 4.37. The summed E-state index contributed by atoms with van der Waals surface area (Å²) in [7, 11) is 1.43. The molecule has 7 heteroatoms. The Morgan fingerprint density at radius 1 is 1.65 bits per heavy atom. The lowest BCUT2D eigenvalue weighted by Gasteiger charge is -2.09. The summed E-state index contributed by atoms with van der Waals surface area (Å²) in [6.45, 7) is 0. The lowest BCUT2D eigenvalue weighted by atomic mass is 10.1. The van der Waals surface area contributed by atoms with E-state index in [-0.39, 0.29) is 12.1 Å². The van der Waals surface area contributed by atoms with Crippen molar-refractivity contribution in [3.05, 3.63) is 33.9 Å². The molecule has 0 spiro atoms. The molecular weight excluding hydrogens is 294 g/mol. The highest BCUT2D eigenvalue weighted by atomic mass is 79.9. The van der Waals surface area contributed by atoms with E-state index < -0.39 is 15.7 Å². The van der Waals surface area contributed by atoms with Crippen LogP contribution in [-0.4, -0.2) is 27.9 Å². The molecule has 0 saturated heterocycles. The van der Waals surface area contributed by atoms with Gasteiger partial charge in [0.2, 0.25) is 0 Å². The smallest absolute Gasteiger partial charge is 0.317 e. The van der Waals surface area contributed by atoms with Crippen molar-refractivity contribution in [2.24, 2.45) is 0 Å². The molecule has 0 fully saturated rings. The first-order chi connectivity index (χ1) is 7.95. The first-order valence-electron chi connectivity index (χ1n) is 4.64. The number of nitrogens with zero attached hydrogens (tertiary/aromatic N) is 1. The van der Waals surface area contributed by atoms with Crippen molar-refractivity contribution in [2.75, 3.05) is 7.11 Å². The van der Waals surface area contributed by atoms with Crippen LogP contribution in [-0.2, 0) is 11.2 Å². The number of carboxylic acid groups (broad SMARTS) is 1. The van der Waals surface area contributed by atoms with Crippen LogP contribution >= 0.6 is 15.9 Å². The van der Waals surface area contributed by atoms with Crippen LogP contribution in [0, 0.1) is 10.1 Å². The summed E-state index contributed by atoms with van der Waals surface area (Å²) >= 11 is 2.98. The number of alkyl halides is 1. The van der Waals surface area contributed by atoms with Gasteiger partial charge in [-0.25, -0.2) is 0 Å². The van der Waals surface area contributed by atoms with E-state index >= 15 is 0 Å². The van der Waals surface area contributed by atoms with Gasteiger partial charge < -0.3 is 9.84 Å². The van der Waals surface area contributed by atoms with E-state index in [2.05, 4.69) is 15.9 Å². The van der Waals surface area contributed by atoms with Crippen LogP contribution in [0.1, 0.15) is 5.56 Å². The Hall–Kier alpha value is -1.63. The summed E-state index contributed by atoms with van der Waals surface area (Å²) in [5, 5.41) is 19.4. The molecule has 0 aromatic heterocycles. The maximum atomic E-state index is 10.7. The second-order valence-electron chi connectivity index (χ2n) is 3.26. The van der Waals surface area contributed by atoms with E-state index in [1.807, 2.05) is 0 Å². The average molecular weight is 304 g/mol. The van der Waals surface area contributed by atoms with E-state index in [0.717, 1.165) is 0 Å². The molecule has 92 valence electrons. The van der Waals surface area contributed by atoms with Gasteiger partial charge in [-0.3, -0.25) is 14.9 Å². The summed E-state index contributed by atoms with van der Waals surface area (Å²) in [6.07, 6.45) is 0.111. The first kappa shape index (κ1) is 13.4. The van der Waals surface area contributed by atoms with Gasteiger partial charge in [0.1, 0.15) is 10.6 Å². The van der Waals surface area contributed by atoms with Gasteiger partial charge in [-0.05, 0) is 12.5 Å². The van der Waals surface area contributed by atoms with E-state index in [4.69, 9.17) is 9.84 Å². The number of non-ortho nitro benzene ring substituents is 1. The number of nitro groups is 1. The highest BCUT2D eigenvalue weighted by Crippen LogP contribution is 2.26. The standard InChI is InChI=1S/C10H10BrNO5/c1-17-9-3-2-7(12(15)16)4-6(9)5-8(11)10(13)14/h2-4,8H,5H2,1H3,(H,13,14). The molecule has 0 amide bonds. The molecule has 0 radical (unpaired) electrons. The first-order valence-corrected chi connectivity index (χ1v) is 5.55. The minimum atomic E-state index is -1.03. The topological polar surface area (TPSA) is 89.7 Å². The number of halogens is 1. The number of ether oxygens (including phenoxy) is 1. The van der Waals surface area contributed by atoms with Crippen LogP contribution in [0.3, 0.4) is 0 Å². The number of rotatable bonds is 5. The predicted molar refractivity (Wildman–Crippen MR) is 63.7 cm³/mol. The third kappa shape index (κ3) is 3.42. The Morgan fingerprint density at radius 3 is 2.76 bits per heavy atom. The SMILES string of the molecule is COc1ccc([N+](=O)[O-])cc1CC(Br)C(=O)O. The zero-order valence-corrected chi connectivity index (χ0v) is 10.5. The lowest BCUT2D eigenvalue weighted by Crippen LogP contribution is -2.16. The van der Waals surface area contributed by atoms with Gasteiger partial charge in [-0.2, -0.15) is 0 Å². The highest BCUT2D eigenvalue weighted by molar-refractivity contribution is 9.10. The monoisotopic (exact) mass is 303 g/mol. The number of hydrogen-bond donors (Lipinski definition) is 1. The molecule has 0 aliphatic carbocycles. The minimum absolute atomic E-state index is 0.0918. The zero-order valence-electron chi connectivity index (χ0n) is 8.92. The van der Waals surface area contributed by atoms with Crippen molar-refractivity contribution in [2.45, 2.75) is 11.2 Å². The summed E-state index contributed by atoms with van der Waals surface area (Å²) in [5.74, 6) is -0.597. The molecule has 1 rings (SSSR count). The maximum Gasteiger partial charge on any atom is 0.317 e. The Balaban J connectivity index is 3.06. The largest absolute Gasteiger partial charge is 0.496 e. The van der Waals surface area contributed by atoms with Crippen LogP contribution in [0.4, 0.5) is 5.69 Å². The van der Waals surface area contributed by atoms with Crippen LogP contribution in [0.2, 0.25) is 0 Å². The van der Waals surface area contributed by atoms with Gasteiger partial charge in [0.15, 0.2) is 0 Å². The molecule has 1 N–H and O–H groups in total. The fourth-order valence-corrected chi connectivity index (χ4v) is 1.67. The number of nitro benzene ring substituents is 1. The zero-order chi connectivity index (χ0) is 13.0. The number of carboxylic acids is 1. The molecule has 0 bridgehead atoms. The third-order valence-corrected chi connectivity index (χ3v) is 2.86. The van der Waals surface area contributed by atoms with Crippen molar-refractivity contribution in [1.29, 1.82) is 0 Å². The Kier molecular flexibility index (Phi) is 4.45. The predicted octanol–water partition coefficient (Wildman–Crippen LogP) is 1.99. The van der Waals surface area contributed by atoms with Crippen molar-refractivity contribution >= 4 is 27.6 Å². The van der Waals surface area contributed by atoms with E-state index in [1.165, 1.54) is 25.3 Å². The molecule has 1 aromatic carbocycles.